The molecule has 0 aliphatic heterocycles. The fraction of sp³-hybridized carbons (Fsp3) is 0.900. The lowest BCUT2D eigenvalue weighted by Gasteiger charge is -2.22. The van der Waals surface area contributed by atoms with Crippen LogP contribution in [-0.4, -0.2) is 45.7 Å². The Balaban J connectivity index is 3.73. The maximum absolute atomic E-state index is 10.2. The Bertz CT molecular complexity index is 196. The minimum atomic E-state index is -1.08. The molecule has 0 aliphatic rings. The highest BCUT2D eigenvalue weighted by Crippen LogP contribution is 2.10. The summed E-state index contributed by atoms with van der Waals surface area (Å²) in [5.41, 5.74) is -0.348. The third kappa shape index (κ3) is 9.65. The summed E-state index contributed by atoms with van der Waals surface area (Å²) in [7, 11) is 0. The van der Waals surface area contributed by atoms with Crippen LogP contribution in [0.1, 0.15) is 33.6 Å². The number of hydrogen-bond acceptors (Lipinski definition) is 4. The molecule has 5 nitrogen and oxygen atoms in total. The van der Waals surface area contributed by atoms with E-state index in [4.69, 9.17) is 9.84 Å². The molecule has 0 saturated heterocycles. The highest BCUT2D eigenvalue weighted by atomic mass is 16.5. The molecule has 0 aliphatic carbocycles. The van der Waals surface area contributed by atoms with Crippen LogP contribution in [0.2, 0.25) is 0 Å². The number of ether oxygens (including phenoxy) is 1. The van der Waals surface area contributed by atoms with E-state index < -0.39 is 18.2 Å². The van der Waals surface area contributed by atoms with E-state index in [1.165, 1.54) is 0 Å². The Kier molecular flexibility index (Phi) is 5.79. The van der Waals surface area contributed by atoms with Crippen LogP contribution >= 0.6 is 0 Å². The molecule has 0 heterocycles. The van der Waals surface area contributed by atoms with Gasteiger partial charge < -0.3 is 20.1 Å². The van der Waals surface area contributed by atoms with E-state index in [0.717, 1.165) is 0 Å². The summed E-state index contributed by atoms with van der Waals surface area (Å²) in [6.45, 7) is 5.66. The molecule has 2 unspecified atom stereocenters. The van der Waals surface area contributed by atoms with Gasteiger partial charge in [-0.3, -0.25) is 4.79 Å². The lowest BCUT2D eigenvalue weighted by molar-refractivity contribution is -0.139. The highest BCUT2D eigenvalue weighted by molar-refractivity contribution is 5.67. The van der Waals surface area contributed by atoms with Crippen molar-refractivity contribution in [3.8, 4) is 0 Å². The van der Waals surface area contributed by atoms with Gasteiger partial charge in [0, 0.05) is 6.42 Å². The van der Waals surface area contributed by atoms with Gasteiger partial charge in [0.05, 0.1) is 30.8 Å². The molecule has 0 amide bonds. The molecular weight excluding hydrogens is 200 g/mol. The van der Waals surface area contributed by atoms with Gasteiger partial charge in [0.25, 0.3) is 0 Å². The Morgan fingerprint density at radius 2 is 1.80 bits per heavy atom. The van der Waals surface area contributed by atoms with E-state index in [-0.39, 0.29) is 25.0 Å². The average molecular weight is 220 g/mol. The highest BCUT2D eigenvalue weighted by Gasteiger charge is 2.18. The van der Waals surface area contributed by atoms with Crippen LogP contribution in [0.4, 0.5) is 0 Å². The van der Waals surface area contributed by atoms with Crippen molar-refractivity contribution in [2.45, 2.75) is 51.4 Å². The molecule has 0 radical (unpaired) electrons. The number of carboxylic acid groups (broad SMARTS) is 1. The standard InChI is InChI=1S/C10H20O5/c1-10(2,3)15-6-8(12)4-7(11)5-9(13)14/h7-8,11-12H,4-6H2,1-3H3,(H,13,14). The van der Waals surface area contributed by atoms with Crippen molar-refractivity contribution in [3.05, 3.63) is 0 Å². The lowest BCUT2D eigenvalue weighted by Crippen LogP contribution is -2.29. The molecule has 0 rings (SSSR count). The molecule has 0 spiro atoms. The minimum absolute atomic E-state index is 0.0163. The quantitative estimate of drug-likeness (QED) is 0.602. The summed E-state index contributed by atoms with van der Waals surface area (Å²) >= 11 is 0. The summed E-state index contributed by atoms with van der Waals surface area (Å²) in [6.07, 6.45) is -2.20. The summed E-state index contributed by atoms with van der Waals surface area (Å²) in [5, 5.41) is 27.0. The molecule has 0 saturated carbocycles. The van der Waals surface area contributed by atoms with Gasteiger partial charge in [-0.05, 0) is 20.8 Å². The van der Waals surface area contributed by atoms with Crippen LogP contribution in [0.3, 0.4) is 0 Å². The normalized spacial score (nSPS) is 16.1. The first-order valence-corrected chi connectivity index (χ1v) is 4.92. The van der Waals surface area contributed by atoms with Crippen molar-refractivity contribution in [1.82, 2.24) is 0 Å². The molecule has 0 aromatic heterocycles. The van der Waals surface area contributed by atoms with E-state index >= 15 is 0 Å². The van der Waals surface area contributed by atoms with E-state index in [1.54, 1.807) is 0 Å². The molecule has 0 fully saturated rings. The molecule has 2 atom stereocenters. The van der Waals surface area contributed by atoms with Gasteiger partial charge in [-0.2, -0.15) is 0 Å². The fourth-order valence-corrected chi connectivity index (χ4v) is 1.01. The Labute approximate surface area is 89.7 Å². The first kappa shape index (κ1) is 14.3. The zero-order valence-corrected chi connectivity index (χ0v) is 9.43. The van der Waals surface area contributed by atoms with Crippen LogP contribution in [0, 0.1) is 0 Å². The van der Waals surface area contributed by atoms with Gasteiger partial charge in [0.2, 0.25) is 0 Å². The maximum Gasteiger partial charge on any atom is 0.305 e. The number of aliphatic hydroxyl groups is 2. The van der Waals surface area contributed by atoms with Gasteiger partial charge in [-0.1, -0.05) is 0 Å². The van der Waals surface area contributed by atoms with Crippen LogP contribution in [-0.2, 0) is 9.53 Å². The summed E-state index contributed by atoms with van der Waals surface area (Å²) in [4.78, 5) is 10.2. The second-order valence-corrected chi connectivity index (χ2v) is 4.56. The zero-order chi connectivity index (χ0) is 12.1. The molecular formula is C10H20O5. The average Bonchev–Trinajstić information content (AvgIpc) is 1.97. The Morgan fingerprint density at radius 1 is 1.27 bits per heavy atom. The first-order chi connectivity index (χ1) is 6.70. The number of rotatable bonds is 6. The molecule has 15 heavy (non-hydrogen) atoms. The summed E-state index contributed by atoms with van der Waals surface area (Å²) in [6, 6.07) is 0. The van der Waals surface area contributed by atoms with Crippen molar-refractivity contribution in [2.75, 3.05) is 6.61 Å². The zero-order valence-electron chi connectivity index (χ0n) is 9.43. The number of carbonyl (C=O) groups is 1. The second-order valence-electron chi connectivity index (χ2n) is 4.56. The summed E-state index contributed by atoms with van der Waals surface area (Å²) in [5.74, 6) is -1.08. The van der Waals surface area contributed by atoms with Crippen molar-refractivity contribution < 1.29 is 24.9 Å². The van der Waals surface area contributed by atoms with Crippen molar-refractivity contribution >= 4 is 5.97 Å². The van der Waals surface area contributed by atoms with Crippen molar-refractivity contribution in [3.63, 3.8) is 0 Å². The predicted molar refractivity (Wildman–Crippen MR) is 54.6 cm³/mol. The van der Waals surface area contributed by atoms with Crippen LogP contribution < -0.4 is 0 Å². The molecule has 0 aromatic rings. The van der Waals surface area contributed by atoms with Crippen LogP contribution in [0.15, 0.2) is 0 Å². The lowest BCUT2D eigenvalue weighted by atomic mass is 10.1. The SMILES string of the molecule is CC(C)(C)OCC(O)CC(O)CC(=O)O. The van der Waals surface area contributed by atoms with Gasteiger partial charge in [0.1, 0.15) is 0 Å². The smallest absolute Gasteiger partial charge is 0.305 e. The Morgan fingerprint density at radius 3 is 2.20 bits per heavy atom. The topological polar surface area (TPSA) is 87.0 Å². The summed E-state index contributed by atoms with van der Waals surface area (Å²) < 4.78 is 5.29. The largest absolute Gasteiger partial charge is 0.481 e. The second kappa shape index (κ2) is 6.05. The first-order valence-electron chi connectivity index (χ1n) is 4.92. The van der Waals surface area contributed by atoms with Gasteiger partial charge >= 0.3 is 5.97 Å². The fourth-order valence-electron chi connectivity index (χ4n) is 1.01. The monoisotopic (exact) mass is 220 g/mol. The molecule has 5 heteroatoms. The molecule has 0 bridgehead atoms. The molecule has 0 aromatic carbocycles. The van der Waals surface area contributed by atoms with Crippen molar-refractivity contribution in [2.24, 2.45) is 0 Å². The van der Waals surface area contributed by atoms with Crippen molar-refractivity contribution in [1.29, 1.82) is 0 Å². The van der Waals surface area contributed by atoms with E-state index in [9.17, 15) is 15.0 Å². The molecule has 90 valence electrons. The van der Waals surface area contributed by atoms with E-state index in [2.05, 4.69) is 0 Å². The third-order valence-electron chi connectivity index (χ3n) is 1.66. The van der Waals surface area contributed by atoms with Crippen LogP contribution in [0.5, 0.6) is 0 Å². The molecule has 3 N–H and O–H groups in total. The maximum atomic E-state index is 10.2. The number of aliphatic carboxylic acids is 1. The number of hydrogen-bond donors (Lipinski definition) is 3. The van der Waals surface area contributed by atoms with Crippen LogP contribution in [0.25, 0.3) is 0 Å². The minimum Gasteiger partial charge on any atom is -0.481 e. The van der Waals surface area contributed by atoms with Gasteiger partial charge in [0.15, 0.2) is 0 Å². The number of aliphatic hydroxyl groups excluding tert-OH is 2. The van der Waals surface area contributed by atoms with E-state index in [0.29, 0.717) is 0 Å². The van der Waals surface area contributed by atoms with E-state index in [1.807, 2.05) is 20.8 Å². The predicted octanol–water partition coefficient (Wildman–Crippen LogP) is 0.388. The third-order valence-corrected chi connectivity index (χ3v) is 1.66. The number of carboxylic acids is 1. The van der Waals surface area contributed by atoms with Gasteiger partial charge in [-0.15, -0.1) is 0 Å². The van der Waals surface area contributed by atoms with Gasteiger partial charge in [-0.25, -0.2) is 0 Å². The Hall–Kier alpha value is -0.650.